The summed E-state index contributed by atoms with van der Waals surface area (Å²) >= 11 is 0. The molecule has 1 heterocycles. The van der Waals surface area contributed by atoms with Crippen LogP contribution in [-0.2, 0) is 0 Å². The standard InChI is InChI=1S/C18H31N3/c1-4-19-18(16-9-6-5-7-10-16)12-14-21-13-8-11-17(21)15-20(2)3/h5-7,9-10,17-19H,4,8,11-15H2,1-3H3. The van der Waals surface area contributed by atoms with E-state index in [1.165, 1.54) is 44.5 Å². The Morgan fingerprint density at radius 3 is 2.71 bits per heavy atom. The molecule has 118 valence electrons. The molecule has 0 bridgehead atoms. The molecule has 1 fully saturated rings. The number of benzene rings is 1. The Bertz CT molecular complexity index is 391. The highest BCUT2D eigenvalue weighted by Gasteiger charge is 2.25. The van der Waals surface area contributed by atoms with Gasteiger partial charge in [-0.15, -0.1) is 0 Å². The summed E-state index contributed by atoms with van der Waals surface area (Å²) in [4.78, 5) is 5.01. The first-order chi connectivity index (χ1) is 10.2. The third-order valence-corrected chi connectivity index (χ3v) is 4.43. The summed E-state index contributed by atoms with van der Waals surface area (Å²) in [5.74, 6) is 0. The van der Waals surface area contributed by atoms with E-state index in [0.717, 1.165) is 12.6 Å². The highest BCUT2D eigenvalue weighted by Crippen LogP contribution is 2.22. The smallest absolute Gasteiger partial charge is 0.0332 e. The number of nitrogens with one attached hydrogen (secondary N) is 1. The minimum absolute atomic E-state index is 0.483. The van der Waals surface area contributed by atoms with E-state index in [-0.39, 0.29) is 0 Å². The monoisotopic (exact) mass is 289 g/mol. The van der Waals surface area contributed by atoms with Crippen LogP contribution in [0.25, 0.3) is 0 Å². The Balaban J connectivity index is 1.89. The van der Waals surface area contributed by atoms with Crippen molar-refractivity contribution in [1.82, 2.24) is 15.1 Å². The van der Waals surface area contributed by atoms with Crippen LogP contribution >= 0.6 is 0 Å². The molecule has 0 aromatic heterocycles. The Kier molecular flexibility index (Phi) is 6.68. The number of hydrogen-bond acceptors (Lipinski definition) is 3. The summed E-state index contributed by atoms with van der Waals surface area (Å²) in [6.07, 6.45) is 3.91. The molecule has 1 aromatic carbocycles. The van der Waals surface area contributed by atoms with Crippen molar-refractivity contribution >= 4 is 0 Å². The van der Waals surface area contributed by atoms with E-state index in [2.05, 4.69) is 66.5 Å². The molecule has 1 aliphatic rings. The van der Waals surface area contributed by atoms with E-state index in [9.17, 15) is 0 Å². The summed E-state index contributed by atoms with van der Waals surface area (Å²) in [7, 11) is 4.36. The van der Waals surface area contributed by atoms with Gasteiger partial charge in [-0.25, -0.2) is 0 Å². The predicted octanol–water partition coefficient (Wildman–Crippen LogP) is 2.75. The maximum atomic E-state index is 3.64. The van der Waals surface area contributed by atoms with Gasteiger partial charge in [-0.2, -0.15) is 0 Å². The van der Waals surface area contributed by atoms with Gasteiger partial charge in [0.05, 0.1) is 0 Å². The van der Waals surface area contributed by atoms with Crippen molar-refractivity contribution in [1.29, 1.82) is 0 Å². The molecule has 2 rings (SSSR count). The van der Waals surface area contributed by atoms with Gasteiger partial charge in [0.15, 0.2) is 0 Å². The quantitative estimate of drug-likeness (QED) is 0.794. The molecule has 1 saturated heterocycles. The van der Waals surface area contributed by atoms with Crippen molar-refractivity contribution in [3.05, 3.63) is 35.9 Å². The summed E-state index contributed by atoms with van der Waals surface area (Å²) in [6.45, 7) is 6.88. The minimum Gasteiger partial charge on any atom is -0.310 e. The van der Waals surface area contributed by atoms with E-state index < -0.39 is 0 Å². The first kappa shape index (κ1) is 16.5. The molecule has 2 atom stereocenters. The van der Waals surface area contributed by atoms with Gasteiger partial charge in [-0.05, 0) is 52.0 Å². The van der Waals surface area contributed by atoms with Crippen LogP contribution in [0.5, 0.6) is 0 Å². The summed E-state index contributed by atoms with van der Waals surface area (Å²) in [5.41, 5.74) is 1.42. The molecule has 0 radical (unpaired) electrons. The minimum atomic E-state index is 0.483. The molecule has 1 N–H and O–H groups in total. The van der Waals surface area contributed by atoms with Crippen LogP contribution in [-0.4, -0.2) is 56.1 Å². The zero-order valence-electron chi connectivity index (χ0n) is 13.9. The average molecular weight is 289 g/mol. The number of nitrogens with zero attached hydrogens (tertiary/aromatic N) is 2. The molecule has 21 heavy (non-hydrogen) atoms. The van der Waals surface area contributed by atoms with Gasteiger partial charge in [0.25, 0.3) is 0 Å². The lowest BCUT2D eigenvalue weighted by Gasteiger charge is -2.29. The third-order valence-electron chi connectivity index (χ3n) is 4.43. The van der Waals surface area contributed by atoms with Gasteiger partial charge in [0, 0.05) is 25.2 Å². The molecule has 1 aliphatic heterocycles. The summed E-state index contributed by atoms with van der Waals surface area (Å²) < 4.78 is 0. The second-order valence-corrected chi connectivity index (χ2v) is 6.40. The molecule has 0 spiro atoms. The SMILES string of the molecule is CCNC(CCN1CCCC1CN(C)C)c1ccccc1. The largest absolute Gasteiger partial charge is 0.310 e. The molecule has 2 unspecified atom stereocenters. The van der Waals surface area contributed by atoms with Crippen molar-refractivity contribution in [2.24, 2.45) is 0 Å². The van der Waals surface area contributed by atoms with Crippen LogP contribution in [0.3, 0.4) is 0 Å². The van der Waals surface area contributed by atoms with E-state index in [1.54, 1.807) is 0 Å². The first-order valence-electron chi connectivity index (χ1n) is 8.37. The van der Waals surface area contributed by atoms with Crippen LogP contribution in [0, 0.1) is 0 Å². The van der Waals surface area contributed by atoms with Crippen molar-refractivity contribution in [3.8, 4) is 0 Å². The molecule has 1 aromatic rings. The zero-order chi connectivity index (χ0) is 15.1. The van der Waals surface area contributed by atoms with Crippen molar-refractivity contribution in [2.45, 2.75) is 38.3 Å². The number of likely N-dealkylation sites (tertiary alicyclic amines) is 1. The normalized spacial score (nSPS) is 21.0. The summed E-state index contributed by atoms with van der Waals surface area (Å²) in [5, 5.41) is 3.64. The average Bonchev–Trinajstić information content (AvgIpc) is 2.91. The molecular weight excluding hydrogens is 258 g/mol. The highest BCUT2D eigenvalue weighted by molar-refractivity contribution is 5.18. The summed E-state index contributed by atoms with van der Waals surface area (Å²) in [6, 6.07) is 12.1. The fourth-order valence-corrected chi connectivity index (χ4v) is 3.43. The fourth-order valence-electron chi connectivity index (χ4n) is 3.43. The maximum Gasteiger partial charge on any atom is 0.0332 e. The molecular formula is C18H31N3. The van der Waals surface area contributed by atoms with Crippen molar-refractivity contribution in [3.63, 3.8) is 0 Å². The molecule has 0 amide bonds. The molecule has 3 nitrogen and oxygen atoms in total. The molecule has 0 saturated carbocycles. The van der Waals surface area contributed by atoms with E-state index in [4.69, 9.17) is 0 Å². The van der Waals surface area contributed by atoms with Gasteiger partial charge in [-0.1, -0.05) is 37.3 Å². The topological polar surface area (TPSA) is 18.5 Å². The van der Waals surface area contributed by atoms with E-state index in [0.29, 0.717) is 6.04 Å². The van der Waals surface area contributed by atoms with Gasteiger partial charge in [-0.3, -0.25) is 4.90 Å². The second-order valence-electron chi connectivity index (χ2n) is 6.40. The lowest BCUT2D eigenvalue weighted by molar-refractivity contribution is 0.199. The maximum absolute atomic E-state index is 3.64. The Hall–Kier alpha value is -0.900. The van der Waals surface area contributed by atoms with Crippen molar-refractivity contribution in [2.75, 3.05) is 40.3 Å². The van der Waals surface area contributed by atoms with Gasteiger partial charge in [0.1, 0.15) is 0 Å². The highest BCUT2D eigenvalue weighted by atomic mass is 15.2. The lowest BCUT2D eigenvalue weighted by atomic mass is 10.0. The predicted molar refractivity (Wildman–Crippen MR) is 90.6 cm³/mol. The fraction of sp³-hybridized carbons (Fsp3) is 0.667. The van der Waals surface area contributed by atoms with Gasteiger partial charge >= 0.3 is 0 Å². The van der Waals surface area contributed by atoms with Gasteiger partial charge < -0.3 is 10.2 Å². The Morgan fingerprint density at radius 1 is 1.29 bits per heavy atom. The lowest BCUT2D eigenvalue weighted by Crippen LogP contribution is -2.39. The second kappa shape index (κ2) is 8.52. The zero-order valence-corrected chi connectivity index (χ0v) is 13.9. The van der Waals surface area contributed by atoms with Gasteiger partial charge in [0.2, 0.25) is 0 Å². The Morgan fingerprint density at radius 2 is 2.05 bits per heavy atom. The molecule has 3 heteroatoms. The van der Waals surface area contributed by atoms with Crippen LogP contribution in [0.15, 0.2) is 30.3 Å². The number of rotatable bonds is 8. The number of likely N-dealkylation sites (N-methyl/N-ethyl adjacent to an activating group) is 1. The Labute approximate surface area is 130 Å². The third kappa shape index (κ3) is 5.10. The number of hydrogen-bond donors (Lipinski definition) is 1. The first-order valence-corrected chi connectivity index (χ1v) is 8.37. The van der Waals surface area contributed by atoms with Crippen LogP contribution in [0.4, 0.5) is 0 Å². The van der Waals surface area contributed by atoms with E-state index >= 15 is 0 Å². The molecule has 0 aliphatic carbocycles. The van der Waals surface area contributed by atoms with Crippen LogP contribution < -0.4 is 5.32 Å². The van der Waals surface area contributed by atoms with Crippen molar-refractivity contribution < 1.29 is 0 Å². The van der Waals surface area contributed by atoms with Crippen LogP contribution in [0.2, 0.25) is 0 Å². The van der Waals surface area contributed by atoms with Crippen LogP contribution in [0.1, 0.15) is 37.8 Å². The van der Waals surface area contributed by atoms with E-state index in [1.807, 2.05) is 0 Å².